The highest BCUT2D eigenvalue weighted by atomic mass is 19.4. The molecule has 16 heteroatoms. The number of benzene rings is 3. The molecule has 2 aliphatic heterocycles. The Kier molecular flexibility index (Phi) is 10.8. The topological polar surface area (TPSA) is 120 Å². The van der Waals surface area contributed by atoms with Crippen LogP contribution in [0.2, 0.25) is 0 Å². The average Bonchev–Trinajstić information content (AvgIpc) is 3.37. The molecule has 3 aromatic carbocycles. The van der Waals surface area contributed by atoms with Crippen molar-refractivity contribution >= 4 is 35.2 Å². The van der Waals surface area contributed by atoms with Gasteiger partial charge in [0.15, 0.2) is 17.5 Å². The van der Waals surface area contributed by atoms with Crippen molar-refractivity contribution in [2.75, 3.05) is 43.5 Å². The number of rotatable bonds is 6. The van der Waals surface area contributed by atoms with E-state index < -0.39 is 41.4 Å². The van der Waals surface area contributed by atoms with E-state index in [4.69, 9.17) is 14.6 Å². The minimum Gasteiger partial charge on any atom is -0.490 e. The van der Waals surface area contributed by atoms with E-state index >= 15 is 0 Å². The Morgan fingerprint density at radius 1 is 1.02 bits per heavy atom. The van der Waals surface area contributed by atoms with Crippen LogP contribution < -0.4 is 25.6 Å². The minimum absolute atomic E-state index is 0.0136. The van der Waals surface area contributed by atoms with Crippen molar-refractivity contribution in [3.63, 3.8) is 0 Å². The fourth-order valence-corrected chi connectivity index (χ4v) is 6.75. The summed E-state index contributed by atoms with van der Waals surface area (Å²) < 4.78 is 93.0. The summed E-state index contributed by atoms with van der Waals surface area (Å²) in [4.78, 5) is 37.0. The Morgan fingerprint density at radius 2 is 1.69 bits per heavy atom. The molecule has 1 aliphatic carbocycles. The molecule has 6 rings (SSSR count). The maximum atomic E-state index is 14.5. The van der Waals surface area contributed by atoms with E-state index in [9.17, 15) is 40.3 Å². The molecule has 4 N–H and O–H groups in total. The summed E-state index contributed by atoms with van der Waals surface area (Å²) in [5, 5.41) is 15.4. The number of ether oxygens (including phenoxy) is 1. The van der Waals surface area contributed by atoms with Gasteiger partial charge in [-0.1, -0.05) is 6.07 Å². The summed E-state index contributed by atoms with van der Waals surface area (Å²) in [7, 11) is 1.35. The zero-order valence-electron chi connectivity index (χ0n) is 27.1. The van der Waals surface area contributed by atoms with Crippen LogP contribution in [-0.2, 0) is 19.8 Å². The number of nitrogens with one attached hydrogen (secondary N) is 3. The molecule has 1 fully saturated rings. The molecule has 1 spiro atoms. The number of carboxylic acids is 1. The van der Waals surface area contributed by atoms with Crippen molar-refractivity contribution in [3.8, 4) is 5.75 Å². The SMILES string of the molecule is CNC(=O)C(=Cc1cc(F)c(F)c(F)c1)NC(=O)CC1CC2(CCN(c3ccc4c(c3)OCCN4)CC2)c2cc(F)ccc21.O=C(O)C(F)(F)F. The van der Waals surface area contributed by atoms with E-state index in [1.165, 1.54) is 13.1 Å². The molecule has 2 heterocycles. The molecule has 1 atom stereocenters. The third kappa shape index (κ3) is 8.37. The van der Waals surface area contributed by atoms with Gasteiger partial charge in [0.1, 0.15) is 23.9 Å². The minimum atomic E-state index is -5.08. The van der Waals surface area contributed by atoms with Crippen molar-refractivity contribution in [3.05, 3.63) is 94.2 Å². The molecule has 272 valence electrons. The number of piperidine rings is 1. The molecular weight excluding hydrogens is 689 g/mol. The summed E-state index contributed by atoms with van der Waals surface area (Å²) >= 11 is 0. The maximum absolute atomic E-state index is 14.5. The first kappa shape index (κ1) is 37.0. The number of nitrogens with zero attached hydrogens (tertiary/aromatic N) is 1. The number of hydrogen-bond acceptors (Lipinski definition) is 6. The van der Waals surface area contributed by atoms with Crippen LogP contribution in [0, 0.1) is 23.3 Å². The number of carbonyl (C=O) groups excluding carboxylic acids is 2. The smallest absolute Gasteiger partial charge is 0.490 e. The summed E-state index contributed by atoms with van der Waals surface area (Å²) in [6, 6.07) is 12.3. The van der Waals surface area contributed by atoms with Gasteiger partial charge in [0.2, 0.25) is 5.91 Å². The quantitative estimate of drug-likeness (QED) is 0.140. The maximum Gasteiger partial charge on any atom is 0.490 e. The van der Waals surface area contributed by atoms with Gasteiger partial charge in [-0.2, -0.15) is 13.2 Å². The van der Waals surface area contributed by atoms with Crippen molar-refractivity contribution < 1.29 is 55.0 Å². The number of halogens is 7. The second-order valence-electron chi connectivity index (χ2n) is 12.3. The standard InChI is InChI=1S/C33H32F4N4O3.C2HF3O2/c1-38-32(43)28(14-19-12-25(35)31(37)26(36)13-19)40-30(42)15-20-18-33(24-16-21(34)2-4-23(20)24)6-9-41(10-7-33)22-3-5-27-29(17-22)44-11-8-39-27;3-2(4,5)1(6)7/h2-5,12-14,16-17,20,39H,6-11,15,18H2,1H3,(H,38,43)(H,40,42);(H,6,7). The molecule has 51 heavy (non-hydrogen) atoms. The highest BCUT2D eigenvalue weighted by Gasteiger charge is 2.46. The van der Waals surface area contributed by atoms with Gasteiger partial charge in [0.05, 0.1) is 5.69 Å². The van der Waals surface area contributed by atoms with Crippen molar-refractivity contribution in [1.29, 1.82) is 0 Å². The first-order valence-electron chi connectivity index (χ1n) is 15.8. The van der Waals surface area contributed by atoms with Gasteiger partial charge < -0.3 is 30.7 Å². The molecule has 2 amide bonds. The zero-order chi connectivity index (χ0) is 37.1. The normalized spacial score (nSPS) is 17.6. The number of alkyl halides is 3. The Morgan fingerprint density at radius 3 is 2.31 bits per heavy atom. The number of fused-ring (bicyclic) bond motifs is 3. The fraction of sp³-hybridized carbons (Fsp3) is 0.343. The average molecular weight is 723 g/mol. The number of amides is 2. The molecule has 1 saturated heterocycles. The van der Waals surface area contributed by atoms with E-state index in [0.717, 1.165) is 78.9 Å². The number of hydrogen-bond donors (Lipinski definition) is 4. The van der Waals surface area contributed by atoms with Crippen molar-refractivity contribution in [2.45, 2.75) is 43.2 Å². The van der Waals surface area contributed by atoms with Gasteiger partial charge in [-0.3, -0.25) is 9.59 Å². The Labute approximate surface area is 287 Å². The second kappa shape index (κ2) is 14.9. The van der Waals surface area contributed by atoms with E-state index in [2.05, 4.69) is 26.9 Å². The zero-order valence-corrected chi connectivity index (χ0v) is 27.1. The molecule has 1 unspecified atom stereocenters. The lowest BCUT2D eigenvalue weighted by Gasteiger charge is -2.41. The number of carboxylic acid groups (broad SMARTS) is 1. The monoisotopic (exact) mass is 722 g/mol. The van der Waals surface area contributed by atoms with Crippen molar-refractivity contribution in [1.82, 2.24) is 10.6 Å². The van der Waals surface area contributed by atoms with Crippen LogP contribution >= 0.6 is 0 Å². The Balaban J connectivity index is 0.000000654. The predicted octanol–water partition coefficient (Wildman–Crippen LogP) is 6.00. The lowest BCUT2D eigenvalue weighted by atomic mass is 9.73. The lowest BCUT2D eigenvalue weighted by molar-refractivity contribution is -0.192. The van der Waals surface area contributed by atoms with Gasteiger partial charge in [-0.15, -0.1) is 0 Å². The summed E-state index contributed by atoms with van der Waals surface area (Å²) in [5.41, 5.74) is 3.16. The lowest BCUT2D eigenvalue weighted by Crippen LogP contribution is -2.42. The van der Waals surface area contributed by atoms with Gasteiger partial charge in [0, 0.05) is 44.9 Å². The fourth-order valence-electron chi connectivity index (χ4n) is 6.75. The summed E-state index contributed by atoms with van der Waals surface area (Å²) in [6.07, 6.45) is -1.82. The number of likely N-dealkylation sites (N-methyl/N-ethyl adjacent to an activating group) is 1. The van der Waals surface area contributed by atoms with E-state index in [1.54, 1.807) is 12.1 Å². The van der Waals surface area contributed by atoms with Crippen LogP contribution in [0.5, 0.6) is 5.75 Å². The number of carbonyl (C=O) groups is 3. The van der Waals surface area contributed by atoms with Crippen LogP contribution in [0.15, 0.2) is 54.2 Å². The third-order valence-corrected chi connectivity index (χ3v) is 9.13. The molecule has 0 aromatic heterocycles. The highest BCUT2D eigenvalue weighted by molar-refractivity contribution is 6.01. The van der Waals surface area contributed by atoms with E-state index in [1.807, 2.05) is 12.1 Å². The van der Waals surface area contributed by atoms with Gasteiger partial charge in [-0.05, 0) is 89.8 Å². The van der Waals surface area contributed by atoms with Crippen LogP contribution in [-0.4, -0.2) is 62.4 Å². The molecule has 0 radical (unpaired) electrons. The van der Waals surface area contributed by atoms with Gasteiger partial charge in [-0.25, -0.2) is 22.4 Å². The molecular formula is C35H33F7N4O5. The summed E-state index contributed by atoms with van der Waals surface area (Å²) in [6.45, 7) is 2.87. The first-order chi connectivity index (χ1) is 24.1. The van der Waals surface area contributed by atoms with Crippen LogP contribution in [0.4, 0.5) is 42.1 Å². The predicted molar refractivity (Wildman–Crippen MR) is 172 cm³/mol. The van der Waals surface area contributed by atoms with Crippen LogP contribution in [0.3, 0.4) is 0 Å². The van der Waals surface area contributed by atoms with E-state index in [-0.39, 0.29) is 34.8 Å². The second-order valence-corrected chi connectivity index (χ2v) is 12.3. The largest absolute Gasteiger partial charge is 0.490 e. The molecule has 0 bridgehead atoms. The van der Waals surface area contributed by atoms with E-state index in [0.29, 0.717) is 13.0 Å². The van der Waals surface area contributed by atoms with Gasteiger partial charge >= 0.3 is 12.1 Å². The number of anilines is 2. The molecule has 0 saturated carbocycles. The summed E-state index contributed by atoms with van der Waals surface area (Å²) in [5.74, 6) is -8.13. The van der Waals surface area contributed by atoms with Gasteiger partial charge in [0.25, 0.3) is 5.91 Å². The van der Waals surface area contributed by atoms with Crippen LogP contribution in [0.25, 0.3) is 6.08 Å². The highest BCUT2D eigenvalue weighted by Crippen LogP contribution is 2.53. The van der Waals surface area contributed by atoms with Crippen LogP contribution in [0.1, 0.15) is 48.3 Å². The van der Waals surface area contributed by atoms with Crippen molar-refractivity contribution in [2.24, 2.45) is 0 Å². The molecule has 3 aliphatic rings. The Hall–Kier alpha value is -5.28. The number of aliphatic carboxylic acids is 1. The third-order valence-electron chi connectivity index (χ3n) is 9.13. The first-order valence-corrected chi connectivity index (χ1v) is 15.8. The Bertz CT molecular complexity index is 1840. The molecule has 3 aromatic rings. The molecule has 9 nitrogen and oxygen atoms in total.